The minimum atomic E-state index is -4.31. The molecule has 2 aliphatic rings. The van der Waals surface area contributed by atoms with Gasteiger partial charge in [-0.05, 0) is 69.9 Å². The molecule has 2 fully saturated rings. The Hall–Kier alpha value is -3.54. The van der Waals surface area contributed by atoms with Crippen LogP contribution in [0.3, 0.4) is 0 Å². The zero-order chi connectivity index (χ0) is 32.9. The van der Waals surface area contributed by atoms with Crippen LogP contribution in [0.15, 0.2) is 42.6 Å². The number of alkyl halides is 3. The zero-order valence-electron chi connectivity index (χ0n) is 26.1. The number of likely N-dealkylation sites (tertiary alicyclic amines) is 1. The summed E-state index contributed by atoms with van der Waals surface area (Å²) >= 11 is 6.10. The summed E-state index contributed by atoms with van der Waals surface area (Å²) < 4.78 is 42.7. The Morgan fingerprint density at radius 1 is 1.04 bits per heavy atom. The summed E-state index contributed by atoms with van der Waals surface area (Å²) in [5, 5.41) is 3.48. The average molecular weight is 652 g/mol. The lowest BCUT2D eigenvalue weighted by molar-refractivity contribution is -0.137. The molecule has 1 aromatic heterocycles. The van der Waals surface area contributed by atoms with Gasteiger partial charge in [-0.1, -0.05) is 23.7 Å². The summed E-state index contributed by atoms with van der Waals surface area (Å²) in [7, 11) is 1.55. The predicted octanol–water partition coefficient (Wildman–Crippen LogP) is 5.89. The smallest absolute Gasteiger partial charge is 0.409 e. The summed E-state index contributed by atoms with van der Waals surface area (Å²) in [6, 6.07) is 10.4. The molecule has 0 aliphatic carbocycles. The van der Waals surface area contributed by atoms with Crippen molar-refractivity contribution in [1.82, 2.24) is 20.1 Å². The molecule has 2 aliphatic heterocycles. The molecule has 4 rings (SSSR count). The fourth-order valence-electron chi connectivity index (χ4n) is 5.80. The number of ether oxygens (including phenoxy) is 1. The number of benzene rings is 1. The number of pyridine rings is 1. The highest BCUT2D eigenvalue weighted by Gasteiger charge is 2.42. The van der Waals surface area contributed by atoms with Crippen molar-refractivity contribution in [1.29, 1.82) is 0 Å². The SMILES string of the molecule is CN(C(=O)OCCCC(F)(F)F)[C@@H]1CN(C(=O)C2CCN(c3ccc(C(=O)NC(C)(C)C)cn3)CC2)C[C@H]1c1ccc(Cl)cc1. The summed E-state index contributed by atoms with van der Waals surface area (Å²) in [6.45, 7) is 7.31. The highest BCUT2D eigenvalue weighted by atomic mass is 35.5. The van der Waals surface area contributed by atoms with Gasteiger partial charge >= 0.3 is 12.3 Å². The van der Waals surface area contributed by atoms with Gasteiger partial charge in [-0.2, -0.15) is 13.2 Å². The van der Waals surface area contributed by atoms with E-state index >= 15 is 0 Å². The van der Waals surface area contributed by atoms with Gasteiger partial charge in [-0.3, -0.25) is 9.59 Å². The van der Waals surface area contributed by atoms with E-state index in [-0.39, 0.29) is 48.8 Å². The maximum atomic E-state index is 13.7. The van der Waals surface area contributed by atoms with E-state index in [0.717, 1.165) is 11.4 Å². The molecule has 13 heteroatoms. The van der Waals surface area contributed by atoms with E-state index in [9.17, 15) is 27.6 Å². The van der Waals surface area contributed by atoms with Gasteiger partial charge in [0.1, 0.15) is 5.82 Å². The molecule has 2 saturated heterocycles. The Kier molecular flexibility index (Phi) is 10.9. The number of rotatable bonds is 8. The van der Waals surface area contributed by atoms with Gasteiger partial charge in [-0.25, -0.2) is 9.78 Å². The number of nitrogens with zero attached hydrogens (tertiary/aromatic N) is 4. The van der Waals surface area contributed by atoms with Crippen LogP contribution in [-0.2, 0) is 9.53 Å². The van der Waals surface area contributed by atoms with E-state index in [1.165, 1.54) is 4.90 Å². The third kappa shape index (κ3) is 9.48. The van der Waals surface area contributed by atoms with Crippen LogP contribution >= 0.6 is 11.6 Å². The summed E-state index contributed by atoms with van der Waals surface area (Å²) in [5.41, 5.74) is 1.02. The van der Waals surface area contributed by atoms with E-state index in [0.29, 0.717) is 43.1 Å². The van der Waals surface area contributed by atoms with E-state index in [1.54, 1.807) is 36.3 Å². The monoisotopic (exact) mass is 651 g/mol. The lowest BCUT2D eigenvalue weighted by Crippen LogP contribution is -2.44. The molecule has 3 heterocycles. The maximum absolute atomic E-state index is 13.7. The molecule has 3 amide bonds. The fourth-order valence-corrected chi connectivity index (χ4v) is 5.93. The molecule has 9 nitrogen and oxygen atoms in total. The van der Waals surface area contributed by atoms with Crippen LogP contribution in [0.2, 0.25) is 5.02 Å². The molecular weight excluding hydrogens is 611 g/mol. The van der Waals surface area contributed by atoms with Gasteiger partial charge in [0.05, 0.1) is 18.2 Å². The molecule has 0 saturated carbocycles. The minimum absolute atomic E-state index is 0.00483. The fraction of sp³-hybridized carbons (Fsp3) is 0.562. The number of piperidine rings is 1. The molecule has 2 aromatic rings. The van der Waals surface area contributed by atoms with Gasteiger partial charge in [0.15, 0.2) is 0 Å². The predicted molar refractivity (Wildman–Crippen MR) is 165 cm³/mol. The van der Waals surface area contributed by atoms with Gasteiger partial charge in [-0.15, -0.1) is 0 Å². The maximum Gasteiger partial charge on any atom is 0.409 e. The number of aromatic nitrogens is 1. The molecule has 0 bridgehead atoms. The van der Waals surface area contributed by atoms with Crippen molar-refractivity contribution in [3.63, 3.8) is 0 Å². The minimum Gasteiger partial charge on any atom is -0.449 e. The number of likely N-dealkylation sites (N-methyl/N-ethyl adjacent to an activating group) is 1. The van der Waals surface area contributed by atoms with E-state index in [1.807, 2.05) is 39.0 Å². The van der Waals surface area contributed by atoms with Crippen LogP contribution in [0.1, 0.15) is 68.3 Å². The highest BCUT2D eigenvalue weighted by molar-refractivity contribution is 6.30. The number of nitrogens with one attached hydrogen (secondary N) is 1. The first-order valence-corrected chi connectivity index (χ1v) is 15.5. The van der Waals surface area contributed by atoms with Crippen LogP contribution in [0.4, 0.5) is 23.8 Å². The van der Waals surface area contributed by atoms with Crippen molar-refractivity contribution in [3.8, 4) is 0 Å². The number of amides is 3. The molecular formula is C32H41ClF3N5O4. The number of anilines is 1. The van der Waals surface area contributed by atoms with Crippen LogP contribution in [0.25, 0.3) is 0 Å². The average Bonchev–Trinajstić information content (AvgIpc) is 3.43. The van der Waals surface area contributed by atoms with Gasteiger partial charge in [0.25, 0.3) is 5.91 Å². The first kappa shape index (κ1) is 34.3. The van der Waals surface area contributed by atoms with Crippen molar-refractivity contribution in [2.75, 3.05) is 44.7 Å². The Morgan fingerprint density at radius 2 is 1.71 bits per heavy atom. The van der Waals surface area contributed by atoms with E-state index < -0.39 is 24.7 Å². The molecule has 0 radical (unpaired) electrons. The Labute approximate surface area is 267 Å². The molecule has 246 valence electrons. The second kappa shape index (κ2) is 14.3. The Bertz CT molecular complexity index is 1330. The van der Waals surface area contributed by atoms with Gasteiger partial charge < -0.3 is 24.8 Å². The summed E-state index contributed by atoms with van der Waals surface area (Å²) in [5.74, 6) is 0.129. The zero-order valence-corrected chi connectivity index (χ0v) is 26.8. The molecule has 45 heavy (non-hydrogen) atoms. The molecule has 0 spiro atoms. The molecule has 2 atom stereocenters. The Balaban J connectivity index is 1.37. The van der Waals surface area contributed by atoms with Crippen molar-refractivity contribution in [2.24, 2.45) is 5.92 Å². The lowest BCUT2D eigenvalue weighted by Gasteiger charge is -2.34. The third-order valence-corrected chi connectivity index (χ3v) is 8.43. The van der Waals surface area contributed by atoms with E-state index in [2.05, 4.69) is 15.2 Å². The van der Waals surface area contributed by atoms with Crippen LogP contribution in [-0.4, -0.2) is 90.3 Å². The normalized spacial score (nSPS) is 19.4. The molecule has 0 unspecified atom stereocenters. The number of hydrogen-bond acceptors (Lipinski definition) is 6. The second-order valence-corrected chi connectivity index (χ2v) is 13.2. The van der Waals surface area contributed by atoms with Crippen LogP contribution in [0, 0.1) is 5.92 Å². The molecule has 1 aromatic carbocycles. The van der Waals surface area contributed by atoms with E-state index in [4.69, 9.17) is 16.3 Å². The number of carbonyl (C=O) groups is 3. The second-order valence-electron chi connectivity index (χ2n) is 12.8. The number of halogens is 4. The third-order valence-electron chi connectivity index (χ3n) is 8.18. The lowest BCUT2D eigenvalue weighted by atomic mass is 9.93. The van der Waals surface area contributed by atoms with Crippen LogP contribution in [0.5, 0.6) is 0 Å². The van der Waals surface area contributed by atoms with Gasteiger partial charge in [0.2, 0.25) is 5.91 Å². The summed E-state index contributed by atoms with van der Waals surface area (Å²) in [6.07, 6.45) is -3.58. The highest BCUT2D eigenvalue weighted by Crippen LogP contribution is 2.34. The number of hydrogen-bond donors (Lipinski definition) is 1. The van der Waals surface area contributed by atoms with Crippen molar-refractivity contribution < 1.29 is 32.3 Å². The number of carbonyl (C=O) groups excluding carboxylic acids is 3. The van der Waals surface area contributed by atoms with Gasteiger partial charge in [0, 0.05) is 68.2 Å². The standard InChI is InChI=1S/C32H41ClF3N5O4/c1-31(2,3)38-28(42)23-8-11-27(37-18-23)40-15-12-22(13-16-40)29(43)41-19-25(21-6-9-24(33)10-7-21)26(20-41)39(4)30(44)45-17-5-14-32(34,35)36/h6-11,18,22,25-26H,5,12-17,19-20H2,1-4H3,(H,38,42)/t25-,26+/m0/s1. The first-order chi connectivity index (χ1) is 21.1. The largest absolute Gasteiger partial charge is 0.449 e. The first-order valence-electron chi connectivity index (χ1n) is 15.2. The molecule has 1 N–H and O–H groups in total. The quantitative estimate of drug-likeness (QED) is 0.358. The Morgan fingerprint density at radius 3 is 2.29 bits per heavy atom. The van der Waals surface area contributed by atoms with Crippen molar-refractivity contribution >= 4 is 35.3 Å². The van der Waals surface area contributed by atoms with Crippen molar-refractivity contribution in [2.45, 2.75) is 70.1 Å². The topological polar surface area (TPSA) is 95.1 Å². The van der Waals surface area contributed by atoms with Crippen LogP contribution < -0.4 is 10.2 Å². The summed E-state index contributed by atoms with van der Waals surface area (Å²) in [4.78, 5) is 48.7. The van der Waals surface area contributed by atoms with Crippen molar-refractivity contribution in [3.05, 3.63) is 58.7 Å².